The molecule has 1 unspecified atom stereocenters. The van der Waals surface area contributed by atoms with Crippen LogP contribution in [0.1, 0.15) is 34.7 Å². The van der Waals surface area contributed by atoms with Crippen molar-refractivity contribution in [1.82, 2.24) is 10.3 Å². The lowest BCUT2D eigenvalue weighted by atomic mass is 9.88. The molecule has 5 aromatic rings. The number of amides is 1. The Morgan fingerprint density at radius 1 is 1.10 bits per heavy atom. The second-order valence-electron chi connectivity index (χ2n) is 10.3. The van der Waals surface area contributed by atoms with Gasteiger partial charge in [-0.15, -0.1) is 0 Å². The van der Waals surface area contributed by atoms with E-state index in [0.29, 0.717) is 45.9 Å². The number of hydrogen-bond acceptors (Lipinski definition) is 7. The van der Waals surface area contributed by atoms with Gasteiger partial charge in [0.1, 0.15) is 22.7 Å². The Balaban J connectivity index is 1.50. The van der Waals surface area contributed by atoms with Gasteiger partial charge in [0.25, 0.3) is 11.9 Å². The van der Waals surface area contributed by atoms with Crippen molar-refractivity contribution in [2.45, 2.75) is 18.8 Å². The van der Waals surface area contributed by atoms with Crippen LogP contribution in [0.15, 0.2) is 69.5 Å². The lowest BCUT2D eigenvalue weighted by Crippen LogP contribution is -2.35. The molecular formula is C30H29FN4O5S. The molecule has 1 aliphatic heterocycles. The second kappa shape index (κ2) is 10.2. The monoisotopic (exact) mass is 576 g/mol. The van der Waals surface area contributed by atoms with Crippen LogP contribution in [0.25, 0.3) is 33.4 Å². The van der Waals surface area contributed by atoms with E-state index in [-0.39, 0.29) is 17.6 Å². The molecule has 1 fully saturated rings. The van der Waals surface area contributed by atoms with Crippen LogP contribution in [0.5, 0.6) is 0 Å². The number of piperidine rings is 1. The molecule has 2 aromatic heterocycles. The van der Waals surface area contributed by atoms with Gasteiger partial charge in [0.2, 0.25) is 10.0 Å². The molecule has 9 nitrogen and oxygen atoms in total. The number of rotatable bonds is 6. The minimum atomic E-state index is -3.62. The molecule has 1 amide bonds. The molecule has 1 aliphatic rings. The number of para-hydroxylation sites is 2. The van der Waals surface area contributed by atoms with Gasteiger partial charge in [0.05, 0.1) is 17.5 Å². The summed E-state index contributed by atoms with van der Waals surface area (Å²) in [5.74, 6) is -0.591. The standard InChI is InChI=1S/C30H29FN4O5S/c1-32-29(36)27-22-15-21(19-7-6-14-35(17-19)30-33-23-8-4-5-9-25(23)40-30)24(34(2)41(3,37)38)16-26(22)39-28(27)18-10-12-20(31)13-11-18/h4-5,8-13,15-16,19H,6-7,14,17H2,1-3H3,(H,32,36). The van der Waals surface area contributed by atoms with Crippen molar-refractivity contribution in [3.63, 3.8) is 0 Å². The van der Waals surface area contributed by atoms with E-state index in [1.54, 1.807) is 18.2 Å². The average molecular weight is 577 g/mol. The zero-order valence-electron chi connectivity index (χ0n) is 22.8. The Kier molecular flexibility index (Phi) is 6.69. The van der Waals surface area contributed by atoms with E-state index >= 15 is 0 Å². The van der Waals surface area contributed by atoms with Gasteiger partial charge in [0.15, 0.2) is 5.58 Å². The predicted molar refractivity (Wildman–Crippen MR) is 156 cm³/mol. The van der Waals surface area contributed by atoms with Gasteiger partial charge in [-0.1, -0.05) is 12.1 Å². The van der Waals surface area contributed by atoms with Crippen LogP contribution in [0, 0.1) is 5.82 Å². The number of fused-ring (bicyclic) bond motifs is 2. The summed E-state index contributed by atoms with van der Waals surface area (Å²) in [6, 6.07) is 17.3. The molecule has 1 atom stereocenters. The van der Waals surface area contributed by atoms with Crippen molar-refractivity contribution < 1.29 is 26.4 Å². The summed E-state index contributed by atoms with van der Waals surface area (Å²) in [5.41, 5.74) is 3.88. The Labute approximate surface area is 236 Å². The van der Waals surface area contributed by atoms with E-state index in [1.165, 1.54) is 30.5 Å². The number of sulfonamides is 1. The smallest absolute Gasteiger partial charge is 0.298 e. The van der Waals surface area contributed by atoms with Crippen molar-refractivity contribution in [2.24, 2.45) is 0 Å². The highest BCUT2D eigenvalue weighted by atomic mass is 32.2. The third kappa shape index (κ3) is 4.90. The minimum Gasteiger partial charge on any atom is -0.455 e. The topological polar surface area (TPSA) is 109 Å². The zero-order chi connectivity index (χ0) is 28.9. The summed E-state index contributed by atoms with van der Waals surface area (Å²) in [5, 5.41) is 3.22. The summed E-state index contributed by atoms with van der Waals surface area (Å²) in [4.78, 5) is 19.9. The number of oxazole rings is 1. The van der Waals surface area contributed by atoms with E-state index in [1.807, 2.05) is 30.3 Å². The van der Waals surface area contributed by atoms with Crippen molar-refractivity contribution in [3.8, 4) is 11.3 Å². The molecule has 6 rings (SSSR count). The first-order valence-electron chi connectivity index (χ1n) is 13.3. The van der Waals surface area contributed by atoms with Crippen LogP contribution in [0.3, 0.4) is 0 Å². The Bertz CT molecular complexity index is 1850. The van der Waals surface area contributed by atoms with E-state index < -0.39 is 15.8 Å². The van der Waals surface area contributed by atoms with Gasteiger partial charge in [-0.05, 0) is 60.9 Å². The normalized spacial score (nSPS) is 15.9. The Hall–Kier alpha value is -4.38. The maximum atomic E-state index is 13.7. The Morgan fingerprint density at radius 3 is 2.56 bits per heavy atom. The van der Waals surface area contributed by atoms with E-state index in [4.69, 9.17) is 8.83 Å². The number of carbonyl (C=O) groups excluding carboxylic acids is 1. The molecule has 212 valence electrons. The second-order valence-corrected chi connectivity index (χ2v) is 12.3. The molecule has 41 heavy (non-hydrogen) atoms. The molecule has 0 spiro atoms. The van der Waals surface area contributed by atoms with Crippen molar-refractivity contribution in [1.29, 1.82) is 0 Å². The fraction of sp³-hybridized carbons (Fsp3) is 0.267. The van der Waals surface area contributed by atoms with Crippen LogP contribution < -0.4 is 14.5 Å². The van der Waals surface area contributed by atoms with Crippen LogP contribution in [0.4, 0.5) is 16.1 Å². The number of aromatic nitrogens is 1. The number of furan rings is 1. The van der Waals surface area contributed by atoms with Crippen LogP contribution >= 0.6 is 0 Å². The Morgan fingerprint density at radius 2 is 1.85 bits per heavy atom. The number of benzene rings is 3. The average Bonchev–Trinajstić information content (AvgIpc) is 3.57. The summed E-state index contributed by atoms with van der Waals surface area (Å²) in [6.07, 6.45) is 2.78. The predicted octanol–water partition coefficient (Wildman–Crippen LogP) is 5.52. The summed E-state index contributed by atoms with van der Waals surface area (Å²) >= 11 is 0. The lowest BCUT2D eigenvalue weighted by molar-refractivity contribution is 0.0964. The van der Waals surface area contributed by atoms with Gasteiger partial charge in [-0.2, -0.15) is 4.98 Å². The van der Waals surface area contributed by atoms with E-state index in [0.717, 1.165) is 36.7 Å². The maximum Gasteiger partial charge on any atom is 0.298 e. The third-order valence-corrected chi connectivity index (χ3v) is 8.84. The van der Waals surface area contributed by atoms with Gasteiger partial charge >= 0.3 is 0 Å². The number of carbonyl (C=O) groups is 1. The van der Waals surface area contributed by atoms with Crippen molar-refractivity contribution >= 4 is 49.7 Å². The molecule has 0 aliphatic carbocycles. The molecular weight excluding hydrogens is 547 g/mol. The largest absolute Gasteiger partial charge is 0.455 e. The molecule has 3 heterocycles. The van der Waals surface area contributed by atoms with Crippen molar-refractivity contribution in [2.75, 3.05) is 42.6 Å². The summed E-state index contributed by atoms with van der Waals surface area (Å²) in [6.45, 7) is 1.29. The molecule has 3 aromatic carbocycles. The van der Waals surface area contributed by atoms with Gasteiger partial charge in [-0.25, -0.2) is 12.8 Å². The molecule has 1 saturated heterocycles. The number of nitrogens with one attached hydrogen (secondary N) is 1. The van der Waals surface area contributed by atoms with Crippen LogP contribution in [0.2, 0.25) is 0 Å². The van der Waals surface area contributed by atoms with E-state index in [9.17, 15) is 17.6 Å². The number of anilines is 2. The molecule has 0 radical (unpaired) electrons. The molecule has 0 bridgehead atoms. The van der Waals surface area contributed by atoms with Crippen LogP contribution in [-0.2, 0) is 10.0 Å². The lowest BCUT2D eigenvalue weighted by Gasteiger charge is -2.34. The summed E-state index contributed by atoms with van der Waals surface area (Å²) in [7, 11) is -0.589. The first-order chi connectivity index (χ1) is 19.6. The number of halogens is 1. The fourth-order valence-electron chi connectivity index (χ4n) is 5.48. The van der Waals surface area contributed by atoms with Crippen LogP contribution in [-0.4, -0.2) is 52.7 Å². The molecule has 11 heteroatoms. The molecule has 1 N–H and O–H groups in total. The van der Waals surface area contributed by atoms with Gasteiger partial charge < -0.3 is 19.1 Å². The quantitative estimate of drug-likeness (QED) is 0.284. The fourth-order valence-corrected chi connectivity index (χ4v) is 6.00. The first kappa shape index (κ1) is 26.8. The van der Waals surface area contributed by atoms with Gasteiger partial charge in [0, 0.05) is 50.1 Å². The summed E-state index contributed by atoms with van der Waals surface area (Å²) < 4.78 is 52.6. The van der Waals surface area contributed by atoms with Gasteiger partial charge in [-0.3, -0.25) is 9.10 Å². The number of hydrogen-bond donors (Lipinski definition) is 1. The van der Waals surface area contributed by atoms with Crippen molar-refractivity contribution in [3.05, 3.63) is 77.6 Å². The molecule has 0 saturated carbocycles. The SMILES string of the molecule is CNC(=O)c1c(-c2ccc(F)cc2)oc2cc(N(C)S(C)(=O)=O)c(C3CCCN(c4nc5ccccc5o4)C3)cc12. The minimum absolute atomic E-state index is 0.0935. The number of nitrogens with zero attached hydrogens (tertiary/aromatic N) is 3. The van der Waals surface area contributed by atoms with E-state index in [2.05, 4.69) is 15.2 Å². The zero-order valence-corrected chi connectivity index (χ0v) is 23.7. The highest BCUT2D eigenvalue weighted by Crippen LogP contribution is 2.42. The first-order valence-corrected chi connectivity index (χ1v) is 15.1. The maximum absolute atomic E-state index is 13.7. The third-order valence-electron chi connectivity index (χ3n) is 7.65. The highest BCUT2D eigenvalue weighted by molar-refractivity contribution is 7.92. The highest BCUT2D eigenvalue weighted by Gasteiger charge is 2.31.